The minimum absolute atomic E-state index is 0.0257. The van der Waals surface area contributed by atoms with Crippen molar-refractivity contribution in [2.45, 2.75) is 10.1 Å². The number of piperazine rings is 1. The predicted octanol–water partition coefficient (Wildman–Crippen LogP) is 3.07. The molecule has 30 heavy (non-hydrogen) atoms. The van der Waals surface area contributed by atoms with Crippen molar-refractivity contribution < 1.29 is 8.42 Å². The standard InChI is InChI=1S/C21H20ClN5O2S/c1-26-10-12-27(13-11-26)21-20(24-17-4-2-3-5-18(17)25-21)19(14-23)30(28,29)16-8-6-15(22)7-9-16/h2-9,19H,10-13H2,1H3. The van der Waals surface area contributed by atoms with E-state index in [0.29, 0.717) is 35.0 Å². The van der Waals surface area contributed by atoms with Gasteiger partial charge in [0.15, 0.2) is 11.1 Å². The Morgan fingerprint density at radius 2 is 1.60 bits per heavy atom. The molecule has 0 saturated carbocycles. The van der Waals surface area contributed by atoms with Gasteiger partial charge >= 0.3 is 0 Å². The van der Waals surface area contributed by atoms with Gasteiger partial charge in [-0.05, 0) is 43.4 Å². The molecule has 7 nitrogen and oxygen atoms in total. The molecule has 1 fully saturated rings. The molecule has 0 bridgehead atoms. The van der Waals surface area contributed by atoms with E-state index < -0.39 is 15.1 Å². The quantitative estimate of drug-likeness (QED) is 0.614. The zero-order chi connectivity index (χ0) is 21.3. The highest BCUT2D eigenvalue weighted by Crippen LogP contribution is 2.34. The number of nitriles is 1. The highest BCUT2D eigenvalue weighted by Gasteiger charge is 2.35. The van der Waals surface area contributed by atoms with Crippen LogP contribution >= 0.6 is 11.6 Å². The zero-order valence-corrected chi connectivity index (χ0v) is 17.9. The van der Waals surface area contributed by atoms with E-state index in [1.54, 1.807) is 6.07 Å². The number of sulfone groups is 1. The summed E-state index contributed by atoms with van der Waals surface area (Å²) in [5.74, 6) is 0.450. The van der Waals surface area contributed by atoms with Crippen molar-refractivity contribution in [2.24, 2.45) is 0 Å². The third-order valence-corrected chi connectivity index (χ3v) is 7.33. The molecule has 3 aromatic rings. The maximum absolute atomic E-state index is 13.3. The van der Waals surface area contributed by atoms with Crippen LogP contribution in [0.2, 0.25) is 5.02 Å². The van der Waals surface area contributed by atoms with Crippen molar-refractivity contribution in [2.75, 3.05) is 38.1 Å². The van der Waals surface area contributed by atoms with E-state index in [4.69, 9.17) is 16.6 Å². The van der Waals surface area contributed by atoms with E-state index >= 15 is 0 Å². The molecule has 0 aliphatic carbocycles. The van der Waals surface area contributed by atoms with Crippen molar-refractivity contribution >= 4 is 38.3 Å². The highest BCUT2D eigenvalue weighted by molar-refractivity contribution is 7.92. The number of fused-ring (bicyclic) bond motifs is 1. The van der Waals surface area contributed by atoms with Crippen molar-refractivity contribution in [1.29, 1.82) is 5.26 Å². The van der Waals surface area contributed by atoms with Gasteiger partial charge in [-0.3, -0.25) is 0 Å². The summed E-state index contributed by atoms with van der Waals surface area (Å²) in [5, 5.41) is 8.86. The lowest BCUT2D eigenvalue weighted by atomic mass is 10.2. The molecule has 1 aromatic heterocycles. The molecule has 2 heterocycles. The van der Waals surface area contributed by atoms with Gasteiger partial charge < -0.3 is 9.80 Å². The largest absolute Gasteiger partial charge is 0.352 e. The Kier molecular flexibility index (Phi) is 5.60. The van der Waals surface area contributed by atoms with Crippen LogP contribution in [0, 0.1) is 11.3 Å². The van der Waals surface area contributed by atoms with Gasteiger partial charge in [0.05, 0.1) is 22.0 Å². The van der Waals surface area contributed by atoms with Crippen LogP contribution in [0.3, 0.4) is 0 Å². The van der Waals surface area contributed by atoms with Gasteiger partial charge in [-0.15, -0.1) is 0 Å². The second kappa shape index (κ2) is 8.19. The average molecular weight is 442 g/mol. The number of aromatic nitrogens is 2. The molecule has 4 rings (SSSR count). The van der Waals surface area contributed by atoms with Gasteiger partial charge in [0.2, 0.25) is 9.84 Å². The summed E-state index contributed by atoms with van der Waals surface area (Å²) < 4.78 is 26.7. The van der Waals surface area contributed by atoms with Crippen molar-refractivity contribution in [3.63, 3.8) is 0 Å². The van der Waals surface area contributed by atoms with Gasteiger partial charge in [0.1, 0.15) is 5.69 Å². The van der Waals surface area contributed by atoms with E-state index in [-0.39, 0.29) is 10.6 Å². The SMILES string of the molecule is CN1CCN(c2nc3ccccc3nc2C(C#N)S(=O)(=O)c2ccc(Cl)cc2)CC1. The van der Waals surface area contributed by atoms with Crippen LogP contribution in [0.4, 0.5) is 5.82 Å². The topological polar surface area (TPSA) is 90.2 Å². The van der Waals surface area contributed by atoms with Crippen LogP contribution in [0.15, 0.2) is 53.4 Å². The number of rotatable bonds is 4. The third-order valence-electron chi connectivity index (χ3n) is 5.20. The fourth-order valence-corrected chi connectivity index (χ4v) is 4.97. The second-order valence-electron chi connectivity index (χ2n) is 7.22. The number of likely N-dealkylation sites (N-methyl/N-ethyl adjacent to an activating group) is 1. The number of nitrogens with zero attached hydrogens (tertiary/aromatic N) is 5. The number of para-hydroxylation sites is 2. The molecule has 1 saturated heterocycles. The van der Waals surface area contributed by atoms with Crippen LogP contribution in [0.5, 0.6) is 0 Å². The first kappa shape index (κ1) is 20.5. The number of hydrogen-bond donors (Lipinski definition) is 0. The lowest BCUT2D eigenvalue weighted by Gasteiger charge is -2.34. The highest BCUT2D eigenvalue weighted by atomic mass is 35.5. The maximum Gasteiger partial charge on any atom is 0.200 e. The first-order chi connectivity index (χ1) is 14.4. The van der Waals surface area contributed by atoms with Crippen LogP contribution in [-0.4, -0.2) is 56.5 Å². The first-order valence-corrected chi connectivity index (χ1v) is 11.4. The normalized spacial score (nSPS) is 16.4. The Bertz CT molecular complexity index is 1220. The molecule has 1 aliphatic rings. The van der Waals surface area contributed by atoms with Crippen LogP contribution in [0.25, 0.3) is 11.0 Å². The minimum atomic E-state index is -4.02. The molecule has 0 amide bonds. The van der Waals surface area contributed by atoms with Gasteiger partial charge in [0.25, 0.3) is 0 Å². The van der Waals surface area contributed by atoms with E-state index in [1.165, 1.54) is 24.3 Å². The molecule has 0 N–H and O–H groups in total. The average Bonchev–Trinajstić information content (AvgIpc) is 2.74. The first-order valence-electron chi connectivity index (χ1n) is 9.49. The minimum Gasteiger partial charge on any atom is -0.352 e. The number of benzene rings is 2. The Balaban J connectivity index is 1.87. The van der Waals surface area contributed by atoms with Crippen molar-refractivity contribution in [3.05, 3.63) is 59.2 Å². The molecule has 154 valence electrons. The lowest BCUT2D eigenvalue weighted by Crippen LogP contribution is -2.45. The van der Waals surface area contributed by atoms with Gasteiger partial charge in [-0.2, -0.15) is 5.26 Å². The monoisotopic (exact) mass is 441 g/mol. The third kappa shape index (κ3) is 3.84. The Labute approximate surface area is 180 Å². The Hall–Kier alpha value is -2.73. The molecule has 0 spiro atoms. The molecule has 1 unspecified atom stereocenters. The summed E-state index contributed by atoms with van der Waals surface area (Å²) in [6.45, 7) is 2.98. The second-order valence-corrected chi connectivity index (χ2v) is 9.69. The van der Waals surface area contributed by atoms with Crippen molar-refractivity contribution in [3.8, 4) is 6.07 Å². The molecule has 9 heteroatoms. The summed E-state index contributed by atoms with van der Waals surface area (Å²) in [6.07, 6.45) is 0. The number of halogens is 1. The molecular formula is C21H20ClN5O2S. The van der Waals surface area contributed by atoms with E-state index in [0.717, 1.165) is 13.1 Å². The van der Waals surface area contributed by atoms with Gasteiger partial charge in [-0.1, -0.05) is 23.7 Å². The van der Waals surface area contributed by atoms with E-state index in [2.05, 4.69) is 9.88 Å². The molecular weight excluding hydrogens is 422 g/mol. The van der Waals surface area contributed by atoms with Crippen LogP contribution < -0.4 is 4.90 Å². The van der Waals surface area contributed by atoms with Crippen LogP contribution in [-0.2, 0) is 9.84 Å². The maximum atomic E-state index is 13.3. The van der Waals surface area contributed by atoms with Gasteiger partial charge in [-0.25, -0.2) is 18.4 Å². The van der Waals surface area contributed by atoms with Crippen LogP contribution in [0.1, 0.15) is 10.9 Å². The lowest BCUT2D eigenvalue weighted by molar-refractivity contribution is 0.312. The van der Waals surface area contributed by atoms with E-state index in [9.17, 15) is 13.7 Å². The fourth-order valence-electron chi connectivity index (χ4n) is 3.47. The summed E-state index contributed by atoms with van der Waals surface area (Å²) in [7, 11) is -1.99. The summed E-state index contributed by atoms with van der Waals surface area (Å²) in [6, 6.07) is 15.0. The predicted molar refractivity (Wildman–Crippen MR) is 116 cm³/mol. The molecule has 1 aliphatic heterocycles. The smallest absolute Gasteiger partial charge is 0.200 e. The summed E-state index contributed by atoms with van der Waals surface area (Å²) in [4.78, 5) is 13.6. The molecule has 0 radical (unpaired) electrons. The Morgan fingerprint density at radius 1 is 1.00 bits per heavy atom. The Morgan fingerprint density at radius 3 is 2.20 bits per heavy atom. The summed E-state index contributed by atoms with van der Waals surface area (Å²) in [5.41, 5.74) is 1.38. The zero-order valence-electron chi connectivity index (χ0n) is 16.4. The number of anilines is 1. The fraction of sp³-hybridized carbons (Fsp3) is 0.286. The molecule has 1 atom stereocenters. The van der Waals surface area contributed by atoms with Gasteiger partial charge in [0, 0.05) is 31.2 Å². The summed E-state index contributed by atoms with van der Waals surface area (Å²) >= 11 is 5.90. The number of hydrogen-bond acceptors (Lipinski definition) is 7. The van der Waals surface area contributed by atoms with Crippen molar-refractivity contribution in [1.82, 2.24) is 14.9 Å². The van der Waals surface area contributed by atoms with E-state index in [1.807, 2.05) is 36.2 Å². The molecule has 2 aromatic carbocycles.